The highest BCUT2D eigenvalue weighted by Gasteiger charge is 2.25. The number of carbonyl (C=O) groups is 1. The van der Waals surface area contributed by atoms with Crippen molar-refractivity contribution in [2.45, 2.75) is 25.8 Å². The molecule has 2 aliphatic rings. The molecule has 9 nitrogen and oxygen atoms in total. The van der Waals surface area contributed by atoms with Crippen LogP contribution in [0.25, 0.3) is 0 Å². The summed E-state index contributed by atoms with van der Waals surface area (Å²) in [5.74, 6) is 1.89. The summed E-state index contributed by atoms with van der Waals surface area (Å²) < 4.78 is 11.0. The molecule has 5 heterocycles. The van der Waals surface area contributed by atoms with Crippen LogP contribution in [-0.4, -0.2) is 45.8 Å². The molecule has 3 aromatic heterocycles. The van der Waals surface area contributed by atoms with E-state index in [1.165, 1.54) is 6.39 Å². The van der Waals surface area contributed by atoms with Gasteiger partial charge in [-0.2, -0.15) is 5.10 Å². The van der Waals surface area contributed by atoms with Crippen molar-refractivity contribution in [3.8, 4) is 0 Å². The lowest BCUT2D eigenvalue weighted by Crippen LogP contribution is -2.31. The van der Waals surface area contributed by atoms with Crippen LogP contribution >= 0.6 is 0 Å². The fourth-order valence-electron chi connectivity index (χ4n) is 3.77. The summed E-state index contributed by atoms with van der Waals surface area (Å²) in [5, 5.41) is 10.6. The first-order valence-electron chi connectivity index (χ1n) is 9.64. The second-order valence-corrected chi connectivity index (χ2v) is 7.02. The van der Waals surface area contributed by atoms with Gasteiger partial charge in [0.15, 0.2) is 12.2 Å². The zero-order valence-corrected chi connectivity index (χ0v) is 15.8. The molecule has 3 aromatic rings. The molecular formula is C20H20N6O3. The number of aromatic nitrogens is 4. The smallest absolute Gasteiger partial charge is 0.257 e. The molecule has 1 N–H and O–H groups in total. The van der Waals surface area contributed by atoms with Gasteiger partial charge in [-0.05, 0) is 30.2 Å². The van der Waals surface area contributed by atoms with E-state index in [1.54, 1.807) is 18.3 Å². The van der Waals surface area contributed by atoms with Crippen molar-refractivity contribution in [1.29, 1.82) is 0 Å². The number of ether oxygens (including phenoxy) is 1. The molecular weight excluding hydrogens is 372 g/mol. The van der Waals surface area contributed by atoms with Crippen LogP contribution < -0.4 is 10.2 Å². The first kappa shape index (κ1) is 17.7. The molecule has 0 spiro atoms. The number of pyridine rings is 1. The lowest BCUT2D eigenvalue weighted by atomic mass is 10.0. The average Bonchev–Trinajstić information content (AvgIpc) is 3.09. The molecule has 0 aliphatic carbocycles. The van der Waals surface area contributed by atoms with Crippen LogP contribution in [0, 0.1) is 0 Å². The molecule has 0 fully saturated rings. The van der Waals surface area contributed by atoms with E-state index in [4.69, 9.17) is 14.1 Å². The van der Waals surface area contributed by atoms with Gasteiger partial charge in [-0.25, -0.2) is 9.97 Å². The van der Waals surface area contributed by atoms with Crippen molar-refractivity contribution < 1.29 is 13.9 Å². The van der Waals surface area contributed by atoms with Crippen LogP contribution in [-0.2, 0) is 30.5 Å². The van der Waals surface area contributed by atoms with E-state index in [1.807, 2.05) is 6.07 Å². The van der Waals surface area contributed by atoms with E-state index < -0.39 is 0 Å². The molecule has 0 bridgehead atoms. The minimum atomic E-state index is -0.216. The van der Waals surface area contributed by atoms with Gasteiger partial charge in [0.1, 0.15) is 17.3 Å². The fraction of sp³-hybridized carbons (Fsp3) is 0.350. The number of nitrogens with one attached hydrogen (secondary N) is 1. The first-order valence-corrected chi connectivity index (χ1v) is 9.64. The summed E-state index contributed by atoms with van der Waals surface area (Å²) in [6.45, 7) is 2.54. The van der Waals surface area contributed by atoms with Crippen LogP contribution in [0.2, 0.25) is 0 Å². The van der Waals surface area contributed by atoms with Gasteiger partial charge in [0.05, 0.1) is 19.8 Å². The van der Waals surface area contributed by atoms with Crippen molar-refractivity contribution in [2.24, 2.45) is 0 Å². The number of nitrogens with zero attached hydrogens (tertiary/aromatic N) is 5. The number of fused-ring (bicyclic) bond motifs is 2. The van der Waals surface area contributed by atoms with E-state index in [0.717, 1.165) is 41.5 Å². The Morgan fingerprint density at radius 2 is 2.10 bits per heavy atom. The third-order valence-corrected chi connectivity index (χ3v) is 5.23. The van der Waals surface area contributed by atoms with Crippen LogP contribution in [0.4, 0.5) is 11.6 Å². The highest BCUT2D eigenvalue weighted by Crippen LogP contribution is 2.27. The molecule has 1 amide bonds. The highest BCUT2D eigenvalue weighted by atomic mass is 16.5. The van der Waals surface area contributed by atoms with E-state index in [-0.39, 0.29) is 5.91 Å². The van der Waals surface area contributed by atoms with Gasteiger partial charge < -0.3 is 19.4 Å². The van der Waals surface area contributed by atoms with Crippen LogP contribution in [0.5, 0.6) is 0 Å². The standard InChI is InChI=1S/C20H20N6O3/c27-20(24-18-2-1-6-22-25-18)14-10-19(23-15-5-9-28-8-4-13(14)15)26-7-3-17-16(11-26)21-12-29-17/h1-2,6,10,12H,3-5,7-9,11H2,(H,24,25,27). The van der Waals surface area contributed by atoms with Gasteiger partial charge in [0.25, 0.3) is 5.91 Å². The van der Waals surface area contributed by atoms with E-state index in [9.17, 15) is 4.79 Å². The number of oxazole rings is 1. The van der Waals surface area contributed by atoms with Gasteiger partial charge in [-0.15, -0.1) is 5.10 Å². The van der Waals surface area contributed by atoms with Gasteiger partial charge in [0.2, 0.25) is 0 Å². The van der Waals surface area contributed by atoms with Crippen molar-refractivity contribution >= 4 is 17.5 Å². The zero-order valence-electron chi connectivity index (χ0n) is 15.8. The number of rotatable bonds is 3. The Bertz CT molecular complexity index is 1040. The lowest BCUT2D eigenvalue weighted by molar-refractivity contribution is 0.102. The van der Waals surface area contributed by atoms with E-state index in [0.29, 0.717) is 44.0 Å². The van der Waals surface area contributed by atoms with Crippen molar-refractivity contribution in [3.05, 3.63) is 59.1 Å². The van der Waals surface area contributed by atoms with Gasteiger partial charge in [0, 0.05) is 36.8 Å². The van der Waals surface area contributed by atoms with Crippen LogP contribution in [0.1, 0.15) is 33.1 Å². The predicted molar refractivity (Wildman–Crippen MR) is 104 cm³/mol. The molecule has 0 atom stereocenters. The molecule has 0 saturated carbocycles. The van der Waals surface area contributed by atoms with E-state index >= 15 is 0 Å². The average molecular weight is 392 g/mol. The maximum absolute atomic E-state index is 13.1. The summed E-state index contributed by atoms with van der Waals surface area (Å²) >= 11 is 0. The number of carbonyl (C=O) groups excluding carboxylic acids is 1. The predicted octanol–water partition coefficient (Wildman–Crippen LogP) is 1.79. The Kier molecular flexibility index (Phi) is 4.65. The molecule has 2 aliphatic heterocycles. The van der Waals surface area contributed by atoms with Gasteiger partial charge in [-0.1, -0.05) is 0 Å². The monoisotopic (exact) mass is 392 g/mol. The second kappa shape index (κ2) is 7.59. The molecule has 9 heteroatoms. The minimum Gasteiger partial charge on any atom is -0.448 e. The Balaban J connectivity index is 1.51. The van der Waals surface area contributed by atoms with Crippen molar-refractivity contribution in [1.82, 2.24) is 20.2 Å². The Morgan fingerprint density at radius 1 is 1.17 bits per heavy atom. The largest absolute Gasteiger partial charge is 0.448 e. The Labute approximate surface area is 167 Å². The number of amides is 1. The molecule has 29 heavy (non-hydrogen) atoms. The lowest BCUT2D eigenvalue weighted by Gasteiger charge is -2.28. The first-order chi connectivity index (χ1) is 14.3. The summed E-state index contributed by atoms with van der Waals surface area (Å²) in [5.41, 5.74) is 3.37. The van der Waals surface area contributed by atoms with Gasteiger partial charge >= 0.3 is 0 Å². The number of hydrogen-bond donors (Lipinski definition) is 1. The summed E-state index contributed by atoms with van der Waals surface area (Å²) in [4.78, 5) is 24.4. The summed E-state index contributed by atoms with van der Waals surface area (Å²) in [7, 11) is 0. The fourth-order valence-corrected chi connectivity index (χ4v) is 3.77. The molecule has 0 unspecified atom stereocenters. The summed E-state index contributed by atoms with van der Waals surface area (Å²) in [6.07, 6.45) is 5.14. The zero-order chi connectivity index (χ0) is 19.6. The molecule has 0 saturated heterocycles. The topological polar surface area (TPSA) is 106 Å². The molecule has 5 rings (SSSR count). The number of anilines is 2. The number of hydrogen-bond acceptors (Lipinski definition) is 8. The van der Waals surface area contributed by atoms with Gasteiger partial charge in [-0.3, -0.25) is 4.79 Å². The second-order valence-electron chi connectivity index (χ2n) is 7.02. The molecule has 0 aromatic carbocycles. The normalized spacial score (nSPS) is 15.9. The summed E-state index contributed by atoms with van der Waals surface area (Å²) in [6, 6.07) is 5.31. The van der Waals surface area contributed by atoms with Crippen molar-refractivity contribution in [2.75, 3.05) is 30.0 Å². The molecule has 0 radical (unpaired) electrons. The minimum absolute atomic E-state index is 0.216. The third-order valence-electron chi connectivity index (χ3n) is 5.23. The Morgan fingerprint density at radius 3 is 3.00 bits per heavy atom. The maximum Gasteiger partial charge on any atom is 0.257 e. The van der Waals surface area contributed by atoms with Crippen LogP contribution in [0.3, 0.4) is 0 Å². The quantitative estimate of drug-likeness (QED) is 0.719. The van der Waals surface area contributed by atoms with Crippen molar-refractivity contribution in [3.63, 3.8) is 0 Å². The third kappa shape index (κ3) is 3.56. The maximum atomic E-state index is 13.1. The van der Waals surface area contributed by atoms with Crippen LogP contribution in [0.15, 0.2) is 35.2 Å². The highest BCUT2D eigenvalue weighted by molar-refractivity contribution is 6.05. The SMILES string of the molecule is O=C(Nc1cccnn1)c1cc(N2CCc3ocnc3C2)nc2c1CCOCC2. The molecule has 148 valence electrons. The Hall–Kier alpha value is -3.33. The van der Waals surface area contributed by atoms with E-state index in [2.05, 4.69) is 25.4 Å².